The number of nitrogens with one attached hydrogen (secondary N) is 1. The molecule has 6 rings (SSSR count). The van der Waals surface area contributed by atoms with Crippen LogP contribution < -0.4 is 15.1 Å². The zero-order chi connectivity index (χ0) is 24.2. The Labute approximate surface area is 213 Å². The van der Waals surface area contributed by atoms with Crippen molar-refractivity contribution in [2.75, 3.05) is 41.3 Å². The van der Waals surface area contributed by atoms with Crippen molar-refractivity contribution in [3.05, 3.63) is 46.6 Å². The van der Waals surface area contributed by atoms with Crippen LogP contribution in [0.2, 0.25) is 0 Å². The number of benzene rings is 2. The number of nitrogens with zero attached hydrogens (tertiary/aromatic N) is 4. The number of hydrogen-bond acceptors (Lipinski definition) is 5. The van der Waals surface area contributed by atoms with E-state index in [2.05, 4.69) is 60.6 Å². The monoisotopic (exact) mass is 541 g/mol. The van der Waals surface area contributed by atoms with Crippen LogP contribution in [0.1, 0.15) is 44.1 Å². The van der Waals surface area contributed by atoms with Crippen molar-refractivity contribution in [3.63, 3.8) is 0 Å². The molecule has 1 saturated carbocycles. The van der Waals surface area contributed by atoms with E-state index < -0.39 is 5.92 Å². The Hall–Kier alpha value is -2.48. The first kappa shape index (κ1) is 23.0. The standard InChI is InChI=1S/C27H30BrF2N5/c1-18-12-21(16-22(13-18)34-10-6-27(29,30)7-11-34)32-25-24-19(17-31-33-25)14-20(28)15-23(24)35-8-4-26(2-3-26)5-9-35/h12-17H,2-11H2,1H3,(H,32,33). The topological polar surface area (TPSA) is 44.3 Å². The van der Waals surface area contributed by atoms with E-state index in [-0.39, 0.29) is 12.8 Å². The predicted octanol–water partition coefficient (Wildman–Crippen LogP) is 7.06. The average Bonchev–Trinajstić information content (AvgIpc) is 3.57. The van der Waals surface area contributed by atoms with Crippen molar-refractivity contribution in [3.8, 4) is 0 Å². The second kappa shape index (κ2) is 8.57. The molecule has 0 radical (unpaired) electrons. The minimum Gasteiger partial charge on any atom is -0.371 e. The molecule has 35 heavy (non-hydrogen) atoms. The van der Waals surface area contributed by atoms with Crippen LogP contribution in [0.4, 0.5) is 31.7 Å². The number of rotatable bonds is 4. The summed E-state index contributed by atoms with van der Waals surface area (Å²) in [4.78, 5) is 4.54. The lowest BCUT2D eigenvalue weighted by atomic mass is 9.93. The van der Waals surface area contributed by atoms with Crippen molar-refractivity contribution < 1.29 is 8.78 Å². The molecule has 0 amide bonds. The lowest BCUT2D eigenvalue weighted by Crippen LogP contribution is -2.39. The molecule has 3 aliphatic rings. The molecule has 2 aromatic carbocycles. The first-order chi connectivity index (χ1) is 16.8. The van der Waals surface area contributed by atoms with Gasteiger partial charge in [0.25, 0.3) is 5.92 Å². The van der Waals surface area contributed by atoms with Gasteiger partial charge in [-0.2, -0.15) is 5.10 Å². The number of halogens is 3. The molecule has 3 fully saturated rings. The molecule has 3 aromatic rings. The summed E-state index contributed by atoms with van der Waals surface area (Å²) in [6.07, 6.45) is 6.86. The maximum Gasteiger partial charge on any atom is 0.251 e. The quantitative estimate of drug-likeness (QED) is 0.383. The highest BCUT2D eigenvalue weighted by atomic mass is 79.9. The van der Waals surface area contributed by atoms with Gasteiger partial charge >= 0.3 is 0 Å². The van der Waals surface area contributed by atoms with Gasteiger partial charge in [-0.25, -0.2) is 8.78 Å². The first-order valence-corrected chi connectivity index (χ1v) is 13.3. The summed E-state index contributed by atoms with van der Waals surface area (Å²) >= 11 is 3.69. The molecular formula is C27H30BrF2N5. The van der Waals surface area contributed by atoms with Crippen molar-refractivity contribution in [1.82, 2.24) is 10.2 Å². The minimum absolute atomic E-state index is 0.103. The largest absolute Gasteiger partial charge is 0.371 e. The number of aryl methyl sites for hydroxylation is 1. The Bertz CT molecular complexity index is 1260. The summed E-state index contributed by atoms with van der Waals surface area (Å²) in [5.74, 6) is -1.84. The zero-order valence-corrected chi connectivity index (χ0v) is 21.5. The summed E-state index contributed by atoms with van der Waals surface area (Å²) < 4.78 is 28.4. The van der Waals surface area contributed by atoms with Gasteiger partial charge in [-0.3, -0.25) is 0 Å². The van der Waals surface area contributed by atoms with Gasteiger partial charge in [-0.15, -0.1) is 5.10 Å². The van der Waals surface area contributed by atoms with Crippen LogP contribution in [0.15, 0.2) is 41.0 Å². The van der Waals surface area contributed by atoms with Gasteiger partial charge in [0.2, 0.25) is 0 Å². The molecule has 0 atom stereocenters. The number of piperidine rings is 2. The fourth-order valence-electron chi connectivity index (χ4n) is 5.65. The Morgan fingerprint density at radius 1 is 0.886 bits per heavy atom. The van der Waals surface area contributed by atoms with E-state index in [1.807, 2.05) is 24.1 Å². The van der Waals surface area contributed by atoms with Gasteiger partial charge in [0.15, 0.2) is 5.82 Å². The molecule has 1 aliphatic carbocycles. The number of aromatic nitrogens is 2. The van der Waals surface area contributed by atoms with Crippen LogP contribution in [-0.2, 0) is 0 Å². The molecule has 3 heterocycles. The fourth-order valence-corrected chi connectivity index (χ4v) is 6.12. The maximum atomic E-state index is 13.7. The van der Waals surface area contributed by atoms with E-state index >= 15 is 0 Å². The summed E-state index contributed by atoms with van der Waals surface area (Å²) in [5.41, 5.74) is 4.71. The smallest absolute Gasteiger partial charge is 0.251 e. The highest BCUT2D eigenvalue weighted by molar-refractivity contribution is 9.10. The Morgan fingerprint density at radius 3 is 2.31 bits per heavy atom. The van der Waals surface area contributed by atoms with Crippen LogP contribution >= 0.6 is 15.9 Å². The van der Waals surface area contributed by atoms with Gasteiger partial charge in [0.05, 0.1) is 11.6 Å². The first-order valence-electron chi connectivity index (χ1n) is 12.5. The van der Waals surface area contributed by atoms with Gasteiger partial charge in [-0.1, -0.05) is 15.9 Å². The fraction of sp³-hybridized carbons (Fsp3) is 0.481. The molecule has 1 aromatic heterocycles. The Balaban J connectivity index is 1.33. The maximum absolute atomic E-state index is 13.7. The molecule has 0 bridgehead atoms. The van der Waals surface area contributed by atoms with Crippen molar-refractivity contribution in [2.45, 2.75) is 51.4 Å². The molecule has 0 unspecified atom stereocenters. The summed E-state index contributed by atoms with van der Waals surface area (Å²) in [7, 11) is 0. The molecule has 2 aliphatic heterocycles. The van der Waals surface area contributed by atoms with E-state index in [1.165, 1.54) is 31.4 Å². The van der Waals surface area contributed by atoms with Gasteiger partial charge in [0, 0.05) is 65.9 Å². The van der Waals surface area contributed by atoms with Crippen molar-refractivity contribution >= 4 is 49.6 Å². The molecule has 1 N–H and O–H groups in total. The zero-order valence-electron chi connectivity index (χ0n) is 20.0. The third kappa shape index (κ3) is 4.69. The average molecular weight is 542 g/mol. The van der Waals surface area contributed by atoms with E-state index in [4.69, 9.17) is 0 Å². The highest BCUT2D eigenvalue weighted by Crippen LogP contribution is 2.54. The highest BCUT2D eigenvalue weighted by Gasteiger charge is 2.44. The van der Waals surface area contributed by atoms with Crippen LogP contribution in [0.25, 0.3) is 10.8 Å². The second-order valence-corrected chi connectivity index (χ2v) is 11.5. The molecular weight excluding hydrogens is 512 g/mol. The lowest BCUT2D eigenvalue weighted by Gasteiger charge is -2.35. The molecule has 184 valence electrons. The normalized spacial score (nSPS) is 20.9. The summed E-state index contributed by atoms with van der Waals surface area (Å²) in [5, 5.41) is 14.4. The van der Waals surface area contributed by atoms with Crippen molar-refractivity contribution in [2.24, 2.45) is 5.41 Å². The second-order valence-electron chi connectivity index (χ2n) is 10.6. The van der Waals surface area contributed by atoms with Gasteiger partial charge in [0.1, 0.15) is 0 Å². The molecule has 1 spiro atoms. The van der Waals surface area contributed by atoms with Gasteiger partial charge in [-0.05, 0) is 73.9 Å². The van der Waals surface area contributed by atoms with Crippen molar-refractivity contribution in [1.29, 1.82) is 0 Å². The van der Waals surface area contributed by atoms with Crippen LogP contribution in [0, 0.1) is 12.3 Å². The lowest BCUT2D eigenvalue weighted by molar-refractivity contribution is -0.0220. The number of anilines is 4. The third-order valence-electron chi connectivity index (χ3n) is 8.01. The number of hydrogen-bond donors (Lipinski definition) is 1. The third-order valence-corrected chi connectivity index (χ3v) is 8.47. The number of fused-ring (bicyclic) bond motifs is 1. The SMILES string of the molecule is Cc1cc(Nc2nncc3cc(Br)cc(N4CCC5(CC4)CC5)c23)cc(N2CCC(F)(F)CC2)c1. The molecule has 2 saturated heterocycles. The van der Waals surface area contributed by atoms with E-state index in [0.29, 0.717) is 18.5 Å². The Morgan fingerprint density at radius 2 is 1.60 bits per heavy atom. The van der Waals surface area contributed by atoms with Crippen LogP contribution in [0.5, 0.6) is 0 Å². The Kier molecular flexibility index (Phi) is 5.62. The van der Waals surface area contributed by atoms with E-state index in [9.17, 15) is 8.78 Å². The molecule has 5 nitrogen and oxygen atoms in total. The van der Waals surface area contributed by atoms with E-state index in [0.717, 1.165) is 51.1 Å². The number of alkyl halides is 2. The van der Waals surface area contributed by atoms with Gasteiger partial charge < -0.3 is 15.1 Å². The summed E-state index contributed by atoms with van der Waals surface area (Å²) in [6, 6.07) is 10.4. The molecule has 8 heteroatoms. The van der Waals surface area contributed by atoms with Crippen LogP contribution in [-0.4, -0.2) is 42.3 Å². The minimum atomic E-state index is -2.56. The predicted molar refractivity (Wildman–Crippen MR) is 141 cm³/mol. The van der Waals surface area contributed by atoms with Crippen LogP contribution in [0.3, 0.4) is 0 Å². The van der Waals surface area contributed by atoms with E-state index in [1.54, 1.807) is 0 Å². The summed E-state index contributed by atoms with van der Waals surface area (Å²) in [6.45, 7) is 4.87.